The molecule has 0 radical (unpaired) electrons. The second-order valence-corrected chi connectivity index (χ2v) is 4.72. The van der Waals surface area contributed by atoms with Gasteiger partial charge in [0, 0.05) is 23.2 Å². The molecule has 0 aliphatic rings. The molecule has 0 spiro atoms. The minimum Gasteiger partial charge on any atom is -0.481 e. The minimum absolute atomic E-state index is 0.0523. The van der Waals surface area contributed by atoms with Crippen molar-refractivity contribution in [2.45, 2.75) is 6.92 Å². The Labute approximate surface area is 116 Å². The third kappa shape index (κ3) is 4.02. The fourth-order valence-electron chi connectivity index (χ4n) is 1.23. The number of aliphatic carboxylic acids is 1. The largest absolute Gasteiger partial charge is 0.481 e. The van der Waals surface area contributed by atoms with E-state index in [-0.39, 0.29) is 17.8 Å². The van der Waals surface area contributed by atoms with E-state index in [0.717, 1.165) is 6.07 Å². The molecule has 1 amide bonds. The van der Waals surface area contributed by atoms with Gasteiger partial charge in [0.25, 0.3) is 11.6 Å². The average Bonchev–Trinajstić information content (AvgIpc) is 2.35. The van der Waals surface area contributed by atoms with Gasteiger partial charge in [0.05, 0.1) is 16.4 Å². The zero-order valence-electron chi connectivity index (χ0n) is 9.92. The molecular formula is C11H11BrN2O5. The monoisotopic (exact) mass is 330 g/mol. The lowest BCUT2D eigenvalue weighted by molar-refractivity contribution is -0.384. The molecule has 7 nitrogen and oxygen atoms in total. The number of hydrogen-bond acceptors (Lipinski definition) is 4. The lowest BCUT2D eigenvalue weighted by Crippen LogP contribution is -2.31. The smallest absolute Gasteiger partial charge is 0.308 e. The molecule has 0 saturated carbocycles. The highest BCUT2D eigenvalue weighted by Crippen LogP contribution is 2.22. The number of non-ortho nitro benzene ring substituents is 1. The van der Waals surface area contributed by atoms with Crippen LogP contribution < -0.4 is 5.32 Å². The van der Waals surface area contributed by atoms with Crippen molar-refractivity contribution in [1.82, 2.24) is 5.32 Å². The maximum absolute atomic E-state index is 11.8. The van der Waals surface area contributed by atoms with Crippen LogP contribution in [-0.2, 0) is 4.79 Å². The van der Waals surface area contributed by atoms with Crippen molar-refractivity contribution in [2.75, 3.05) is 6.54 Å². The molecule has 1 unspecified atom stereocenters. The van der Waals surface area contributed by atoms with Crippen LogP contribution in [0.15, 0.2) is 22.7 Å². The lowest BCUT2D eigenvalue weighted by Gasteiger charge is -2.09. The first-order chi connectivity index (χ1) is 8.82. The van der Waals surface area contributed by atoms with Crippen LogP contribution in [0.3, 0.4) is 0 Å². The van der Waals surface area contributed by atoms with Crippen molar-refractivity contribution in [2.24, 2.45) is 5.92 Å². The number of carbonyl (C=O) groups is 2. The highest BCUT2D eigenvalue weighted by molar-refractivity contribution is 9.10. The molecule has 19 heavy (non-hydrogen) atoms. The maximum Gasteiger partial charge on any atom is 0.308 e. The Morgan fingerprint density at radius 1 is 1.53 bits per heavy atom. The van der Waals surface area contributed by atoms with Crippen LogP contribution in [0.25, 0.3) is 0 Å². The second-order valence-electron chi connectivity index (χ2n) is 3.87. The first kappa shape index (κ1) is 15.1. The number of nitrogens with one attached hydrogen (secondary N) is 1. The number of carboxylic acid groups (broad SMARTS) is 1. The number of amides is 1. The van der Waals surface area contributed by atoms with Crippen LogP contribution in [0.4, 0.5) is 5.69 Å². The number of hydrogen-bond donors (Lipinski definition) is 2. The Bertz CT molecular complexity index is 532. The van der Waals surface area contributed by atoms with Gasteiger partial charge < -0.3 is 10.4 Å². The van der Waals surface area contributed by atoms with Gasteiger partial charge in [0.1, 0.15) is 0 Å². The maximum atomic E-state index is 11.8. The zero-order valence-corrected chi connectivity index (χ0v) is 11.5. The Kier molecular flexibility index (Phi) is 4.99. The van der Waals surface area contributed by atoms with Gasteiger partial charge in [-0.2, -0.15) is 0 Å². The summed E-state index contributed by atoms with van der Waals surface area (Å²) in [5.41, 5.74) is -0.119. The number of nitro groups is 1. The average molecular weight is 331 g/mol. The quantitative estimate of drug-likeness (QED) is 0.632. The molecule has 0 aliphatic heterocycles. The number of halogens is 1. The van der Waals surface area contributed by atoms with Crippen molar-refractivity contribution >= 4 is 33.5 Å². The van der Waals surface area contributed by atoms with Crippen LogP contribution in [0.5, 0.6) is 0 Å². The third-order valence-corrected chi connectivity index (χ3v) is 3.09. The van der Waals surface area contributed by atoms with E-state index in [1.165, 1.54) is 19.1 Å². The number of carboxylic acids is 1. The lowest BCUT2D eigenvalue weighted by atomic mass is 10.1. The molecule has 1 atom stereocenters. The topological polar surface area (TPSA) is 110 Å². The Hall–Kier alpha value is -1.96. The zero-order chi connectivity index (χ0) is 14.6. The minimum atomic E-state index is -1.03. The summed E-state index contributed by atoms with van der Waals surface area (Å²) in [6.45, 7) is 1.40. The predicted molar refractivity (Wildman–Crippen MR) is 69.9 cm³/mol. The van der Waals surface area contributed by atoms with Gasteiger partial charge in [0.2, 0.25) is 0 Å². The molecular weight excluding hydrogens is 320 g/mol. The van der Waals surface area contributed by atoms with E-state index in [1.54, 1.807) is 0 Å². The van der Waals surface area contributed by atoms with Crippen LogP contribution in [0, 0.1) is 16.0 Å². The molecule has 0 fully saturated rings. The van der Waals surface area contributed by atoms with Crippen LogP contribution in [0.2, 0.25) is 0 Å². The van der Waals surface area contributed by atoms with E-state index in [0.29, 0.717) is 4.47 Å². The van der Waals surface area contributed by atoms with Crippen molar-refractivity contribution in [3.63, 3.8) is 0 Å². The van der Waals surface area contributed by atoms with E-state index < -0.39 is 22.7 Å². The summed E-state index contributed by atoms with van der Waals surface area (Å²) in [4.78, 5) is 32.4. The molecule has 0 heterocycles. The van der Waals surface area contributed by atoms with E-state index in [4.69, 9.17) is 5.11 Å². The first-order valence-electron chi connectivity index (χ1n) is 5.28. The summed E-state index contributed by atoms with van der Waals surface area (Å²) in [7, 11) is 0. The van der Waals surface area contributed by atoms with Crippen molar-refractivity contribution in [1.29, 1.82) is 0 Å². The van der Waals surface area contributed by atoms with Crippen LogP contribution in [0.1, 0.15) is 17.3 Å². The van der Waals surface area contributed by atoms with Gasteiger partial charge in [-0.25, -0.2) is 0 Å². The number of rotatable bonds is 5. The molecule has 102 valence electrons. The van der Waals surface area contributed by atoms with Crippen LogP contribution in [-0.4, -0.2) is 28.5 Å². The van der Waals surface area contributed by atoms with E-state index in [9.17, 15) is 19.7 Å². The van der Waals surface area contributed by atoms with Gasteiger partial charge in [-0.15, -0.1) is 0 Å². The van der Waals surface area contributed by atoms with Gasteiger partial charge in [0.15, 0.2) is 0 Å². The highest BCUT2D eigenvalue weighted by atomic mass is 79.9. The fraction of sp³-hybridized carbons (Fsp3) is 0.273. The molecule has 1 rings (SSSR count). The predicted octanol–water partition coefficient (Wildman–Crippen LogP) is 1.81. The van der Waals surface area contributed by atoms with Crippen molar-refractivity contribution in [3.8, 4) is 0 Å². The summed E-state index contributed by atoms with van der Waals surface area (Å²) in [6, 6.07) is 3.79. The Morgan fingerprint density at radius 2 is 2.16 bits per heavy atom. The highest BCUT2D eigenvalue weighted by Gasteiger charge is 2.17. The first-order valence-corrected chi connectivity index (χ1v) is 6.07. The van der Waals surface area contributed by atoms with E-state index in [1.807, 2.05) is 0 Å². The molecule has 0 aliphatic carbocycles. The molecule has 0 aromatic heterocycles. The van der Waals surface area contributed by atoms with Gasteiger partial charge in [-0.1, -0.05) is 6.92 Å². The van der Waals surface area contributed by atoms with Gasteiger partial charge in [-0.05, 0) is 22.0 Å². The van der Waals surface area contributed by atoms with E-state index >= 15 is 0 Å². The summed E-state index contributed by atoms with van der Waals surface area (Å²) in [5.74, 6) is -2.33. The summed E-state index contributed by atoms with van der Waals surface area (Å²) in [5, 5.41) is 21.7. The second kappa shape index (κ2) is 6.28. The summed E-state index contributed by atoms with van der Waals surface area (Å²) < 4.78 is 0.401. The third-order valence-electron chi connectivity index (χ3n) is 2.40. The number of carbonyl (C=O) groups excluding carboxylic acids is 1. The Morgan fingerprint density at radius 3 is 2.68 bits per heavy atom. The SMILES string of the molecule is CC(CNC(=O)c1cc([N+](=O)[O-])ccc1Br)C(=O)O. The standard InChI is InChI=1S/C11H11BrN2O5/c1-6(11(16)17)5-13-10(15)8-4-7(14(18)19)2-3-9(8)12/h2-4,6H,5H2,1H3,(H,13,15)(H,16,17). The van der Waals surface area contributed by atoms with Crippen molar-refractivity contribution in [3.05, 3.63) is 38.3 Å². The van der Waals surface area contributed by atoms with Crippen LogP contribution >= 0.6 is 15.9 Å². The fourth-order valence-corrected chi connectivity index (χ4v) is 1.66. The molecule has 0 bridgehead atoms. The molecule has 1 aromatic carbocycles. The van der Waals surface area contributed by atoms with E-state index in [2.05, 4.69) is 21.2 Å². The molecule has 0 saturated heterocycles. The number of nitro benzene ring substituents is 1. The Balaban J connectivity index is 2.84. The number of benzene rings is 1. The molecule has 2 N–H and O–H groups in total. The molecule has 1 aromatic rings. The normalized spacial score (nSPS) is 11.7. The summed E-state index contributed by atoms with van der Waals surface area (Å²) >= 11 is 3.12. The van der Waals surface area contributed by atoms with Gasteiger partial charge in [-0.3, -0.25) is 19.7 Å². The van der Waals surface area contributed by atoms with Gasteiger partial charge >= 0.3 is 5.97 Å². The summed E-state index contributed by atoms with van der Waals surface area (Å²) in [6.07, 6.45) is 0. The molecule has 8 heteroatoms. The number of nitrogens with zero attached hydrogens (tertiary/aromatic N) is 1. The van der Waals surface area contributed by atoms with Crippen molar-refractivity contribution < 1.29 is 19.6 Å².